The molecule has 2 aliphatic rings. The first kappa shape index (κ1) is 18.2. The van der Waals surface area contributed by atoms with Gasteiger partial charge in [0.1, 0.15) is 0 Å². The van der Waals surface area contributed by atoms with Crippen molar-refractivity contribution in [1.82, 2.24) is 9.21 Å². The topological polar surface area (TPSA) is 24.9 Å². The van der Waals surface area contributed by atoms with Gasteiger partial charge in [0.25, 0.3) is 0 Å². The van der Waals surface area contributed by atoms with Crippen molar-refractivity contribution in [3.63, 3.8) is 0 Å². The number of benzene rings is 1. The Bertz CT molecular complexity index is 497. The third-order valence-electron chi connectivity index (χ3n) is 4.98. The van der Waals surface area contributed by atoms with E-state index in [2.05, 4.69) is 40.4 Å². The van der Waals surface area contributed by atoms with Gasteiger partial charge in [-0.1, -0.05) is 31.9 Å². The van der Waals surface area contributed by atoms with Gasteiger partial charge in [-0.2, -0.15) is 0 Å². The zero-order valence-corrected chi connectivity index (χ0v) is 15.8. The minimum Gasteiger partial charge on any atom is -0.379 e. The van der Waals surface area contributed by atoms with Crippen molar-refractivity contribution >= 4 is 11.9 Å². The first-order valence-electron chi connectivity index (χ1n) is 9.10. The Morgan fingerprint density at radius 1 is 1.17 bits per heavy atom. The lowest BCUT2D eigenvalue weighted by atomic mass is 9.87. The van der Waals surface area contributed by atoms with E-state index < -0.39 is 0 Å². The Morgan fingerprint density at radius 3 is 2.50 bits per heavy atom. The average molecular weight is 351 g/mol. The molecular formula is C19H30N2O2S. The van der Waals surface area contributed by atoms with Crippen LogP contribution in [0.3, 0.4) is 0 Å². The van der Waals surface area contributed by atoms with Crippen LogP contribution in [0.1, 0.15) is 31.7 Å². The van der Waals surface area contributed by atoms with E-state index in [0.717, 1.165) is 45.9 Å². The summed E-state index contributed by atoms with van der Waals surface area (Å²) in [5.74, 6) is 0. The van der Waals surface area contributed by atoms with Gasteiger partial charge in [-0.05, 0) is 36.1 Å². The van der Waals surface area contributed by atoms with Crippen molar-refractivity contribution in [3.05, 3.63) is 29.8 Å². The van der Waals surface area contributed by atoms with E-state index in [9.17, 15) is 0 Å². The minimum absolute atomic E-state index is 0.113. The molecular weight excluding hydrogens is 320 g/mol. The predicted octanol–water partition coefficient (Wildman–Crippen LogP) is 3.42. The molecule has 0 amide bonds. The monoisotopic (exact) mass is 350 g/mol. The maximum Gasteiger partial charge on any atom is 0.0931 e. The highest BCUT2D eigenvalue weighted by atomic mass is 32.2. The molecule has 3 rings (SSSR count). The van der Waals surface area contributed by atoms with Crippen molar-refractivity contribution in [2.24, 2.45) is 0 Å². The highest BCUT2D eigenvalue weighted by molar-refractivity contribution is 7.97. The van der Waals surface area contributed by atoms with Crippen LogP contribution >= 0.6 is 11.9 Å². The molecule has 0 atom stereocenters. The third kappa shape index (κ3) is 4.73. The number of ether oxygens (including phenoxy) is 2. The lowest BCUT2D eigenvalue weighted by Crippen LogP contribution is -2.62. The lowest BCUT2D eigenvalue weighted by Gasteiger charge is -2.49. The Morgan fingerprint density at radius 2 is 1.88 bits per heavy atom. The van der Waals surface area contributed by atoms with Crippen molar-refractivity contribution in [2.45, 2.75) is 43.2 Å². The molecule has 5 heteroatoms. The number of methoxy groups -OCH3 is 1. The van der Waals surface area contributed by atoms with Gasteiger partial charge in [-0.25, -0.2) is 4.31 Å². The Labute approximate surface area is 150 Å². The largest absolute Gasteiger partial charge is 0.379 e. The first-order valence-corrected chi connectivity index (χ1v) is 9.87. The second-order valence-corrected chi connectivity index (χ2v) is 8.08. The van der Waals surface area contributed by atoms with Gasteiger partial charge in [0.05, 0.1) is 18.8 Å². The summed E-state index contributed by atoms with van der Waals surface area (Å²) in [4.78, 5) is 3.81. The molecule has 24 heavy (non-hydrogen) atoms. The van der Waals surface area contributed by atoms with Crippen molar-refractivity contribution < 1.29 is 9.47 Å². The van der Waals surface area contributed by atoms with Crippen LogP contribution in [0.2, 0.25) is 0 Å². The van der Waals surface area contributed by atoms with Gasteiger partial charge in [0, 0.05) is 44.7 Å². The molecule has 2 aliphatic heterocycles. The summed E-state index contributed by atoms with van der Waals surface area (Å²) >= 11 is 1.84. The molecule has 0 spiro atoms. The summed E-state index contributed by atoms with van der Waals surface area (Å²) in [5, 5.41) is 0. The van der Waals surface area contributed by atoms with E-state index in [1.54, 1.807) is 0 Å². The van der Waals surface area contributed by atoms with Crippen LogP contribution in [0.4, 0.5) is 0 Å². The third-order valence-corrected chi connectivity index (χ3v) is 6.08. The van der Waals surface area contributed by atoms with E-state index in [1.165, 1.54) is 29.7 Å². The van der Waals surface area contributed by atoms with E-state index in [0.29, 0.717) is 0 Å². The van der Waals surface area contributed by atoms with Crippen LogP contribution in [0.5, 0.6) is 0 Å². The number of rotatable bonds is 8. The van der Waals surface area contributed by atoms with Crippen LogP contribution in [0.15, 0.2) is 29.2 Å². The number of hydrogen-bond donors (Lipinski definition) is 0. The van der Waals surface area contributed by atoms with Gasteiger partial charge >= 0.3 is 0 Å². The average Bonchev–Trinajstić information content (AvgIpc) is 2.59. The van der Waals surface area contributed by atoms with Crippen molar-refractivity contribution in [2.75, 3.05) is 46.5 Å². The highest BCUT2D eigenvalue weighted by Crippen LogP contribution is 2.31. The van der Waals surface area contributed by atoms with Gasteiger partial charge in [0.2, 0.25) is 0 Å². The summed E-state index contributed by atoms with van der Waals surface area (Å²) in [6, 6.07) is 9.02. The van der Waals surface area contributed by atoms with Gasteiger partial charge in [-0.3, -0.25) is 4.90 Å². The molecule has 1 aromatic carbocycles. The second kappa shape index (κ2) is 8.68. The Balaban J connectivity index is 1.45. The van der Waals surface area contributed by atoms with Crippen LogP contribution in [0, 0.1) is 0 Å². The van der Waals surface area contributed by atoms with E-state index in [-0.39, 0.29) is 5.60 Å². The number of nitrogens with zero attached hydrogens (tertiary/aromatic N) is 2. The Hall–Kier alpha value is -0.590. The fourth-order valence-electron chi connectivity index (χ4n) is 3.47. The van der Waals surface area contributed by atoms with Gasteiger partial charge in [-0.15, -0.1) is 0 Å². The molecule has 134 valence electrons. The molecule has 0 aromatic heterocycles. The van der Waals surface area contributed by atoms with Crippen molar-refractivity contribution in [3.8, 4) is 0 Å². The quantitative estimate of drug-likeness (QED) is 0.669. The normalized spacial score (nSPS) is 21.6. The molecule has 4 nitrogen and oxygen atoms in total. The molecule has 0 saturated carbocycles. The smallest absolute Gasteiger partial charge is 0.0931 e. The summed E-state index contributed by atoms with van der Waals surface area (Å²) in [6.07, 6.45) is 3.69. The molecule has 1 aromatic rings. The maximum atomic E-state index is 5.79. The maximum absolute atomic E-state index is 5.79. The fraction of sp³-hybridized carbons (Fsp3) is 0.684. The first-order chi connectivity index (χ1) is 11.7. The van der Waals surface area contributed by atoms with E-state index in [1.807, 2.05) is 19.1 Å². The number of likely N-dealkylation sites (tertiary alicyclic amines) is 1. The molecule has 0 N–H and O–H groups in total. The summed E-state index contributed by atoms with van der Waals surface area (Å²) in [5.41, 5.74) is 1.50. The minimum atomic E-state index is 0.113. The van der Waals surface area contributed by atoms with E-state index >= 15 is 0 Å². The van der Waals surface area contributed by atoms with Crippen LogP contribution < -0.4 is 0 Å². The van der Waals surface area contributed by atoms with Crippen LogP contribution in [-0.4, -0.2) is 61.3 Å². The highest BCUT2D eigenvalue weighted by Gasteiger charge is 2.42. The fourth-order valence-corrected chi connectivity index (χ4v) is 4.36. The molecule has 0 bridgehead atoms. The SMILES string of the molecule is CCCCC1(OC)CN(Cc2ccc(SN3CCOCC3)cc2)C1. The molecule has 2 saturated heterocycles. The second-order valence-electron chi connectivity index (χ2n) is 6.91. The zero-order valence-electron chi connectivity index (χ0n) is 15.0. The summed E-state index contributed by atoms with van der Waals surface area (Å²) < 4.78 is 13.6. The molecule has 2 heterocycles. The van der Waals surface area contributed by atoms with E-state index in [4.69, 9.17) is 9.47 Å². The van der Waals surface area contributed by atoms with Gasteiger partial charge < -0.3 is 9.47 Å². The van der Waals surface area contributed by atoms with Crippen molar-refractivity contribution in [1.29, 1.82) is 0 Å². The number of morpholine rings is 1. The molecule has 0 aliphatic carbocycles. The Kier molecular flexibility index (Phi) is 6.58. The van der Waals surface area contributed by atoms with Crippen LogP contribution in [0.25, 0.3) is 0 Å². The summed E-state index contributed by atoms with van der Waals surface area (Å²) in [7, 11) is 1.87. The number of hydrogen-bond acceptors (Lipinski definition) is 5. The number of unbranched alkanes of at least 4 members (excludes halogenated alkanes) is 1. The van der Waals surface area contributed by atoms with Gasteiger partial charge in [0.15, 0.2) is 0 Å². The summed E-state index contributed by atoms with van der Waals surface area (Å²) in [6.45, 7) is 9.12. The molecule has 0 unspecified atom stereocenters. The molecule has 2 fully saturated rings. The standard InChI is InChI=1S/C19H30N2O2S/c1-3-4-9-19(22-2)15-20(16-19)14-17-5-7-18(8-6-17)24-21-10-12-23-13-11-21/h5-8H,3-4,9-16H2,1-2H3. The molecule has 0 radical (unpaired) electrons. The van der Waals surface area contributed by atoms with Crippen LogP contribution in [-0.2, 0) is 16.0 Å². The predicted molar refractivity (Wildman–Crippen MR) is 99.2 cm³/mol. The lowest BCUT2D eigenvalue weighted by molar-refractivity contribution is -0.132. The zero-order chi connectivity index (χ0) is 16.8.